The van der Waals surface area contributed by atoms with E-state index in [0.717, 1.165) is 0 Å². The molecule has 0 amide bonds. The summed E-state index contributed by atoms with van der Waals surface area (Å²) in [5.74, 6) is 0.417. The number of benzene rings is 1. The number of nitriles is 1. The first-order chi connectivity index (χ1) is 11.6. The smallest absolute Gasteiger partial charge is 0.282 e. The van der Waals surface area contributed by atoms with Crippen LogP contribution in [0.4, 0.5) is 8.78 Å². The lowest BCUT2D eigenvalue weighted by Crippen LogP contribution is -2.01. The van der Waals surface area contributed by atoms with Gasteiger partial charge in [-0.25, -0.2) is 18.4 Å². The minimum Gasteiger partial charge on any atom is -0.481 e. The standard InChI is InChI=1S/C17H12F2N4O/c1-24-16-7-6-13(10-21-16)23-15(8-14(22-23)17(18)19)12-4-2-11(9-20)3-5-12/h2-8,10,17H,1H3. The molecule has 120 valence electrons. The maximum Gasteiger partial charge on any atom is 0.282 e. The number of methoxy groups -OCH3 is 1. The van der Waals surface area contributed by atoms with Crippen molar-refractivity contribution in [3.63, 3.8) is 0 Å². The molecule has 24 heavy (non-hydrogen) atoms. The van der Waals surface area contributed by atoms with Crippen LogP contribution in [0.25, 0.3) is 16.9 Å². The molecule has 0 radical (unpaired) electrons. The Hall–Kier alpha value is -3.27. The molecule has 0 atom stereocenters. The summed E-state index contributed by atoms with van der Waals surface area (Å²) in [6.07, 6.45) is -1.19. The monoisotopic (exact) mass is 326 g/mol. The van der Waals surface area contributed by atoms with Crippen molar-refractivity contribution in [1.29, 1.82) is 5.26 Å². The summed E-state index contributed by atoms with van der Waals surface area (Å²) in [5.41, 5.74) is 1.85. The number of rotatable bonds is 4. The zero-order valence-corrected chi connectivity index (χ0v) is 12.6. The fourth-order valence-corrected chi connectivity index (χ4v) is 2.24. The minimum atomic E-state index is -2.69. The molecule has 5 nitrogen and oxygen atoms in total. The van der Waals surface area contributed by atoms with Crippen LogP contribution < -0.4 is 4.74 Å². The molecule has 3 aromatic rings. The van der Waals surface area contributed by atoms with Crippen molar-refractivity contribution in [2.75, 3.05) is 7.11 Å². The van der Waals surface area contributed by atoms with Gasteiger partial charge >= 0.3 is 0 Å². The molecule has 2 aromatic heterocycles. The first-order valence-electron chi connectivity index (χ1n) is 7.01. The Morgan fingerprint density at radius 3 is 2.46 bits per heavy atom. The second-order valence-corrected chi connectivity index (χ2v) is 4.91. The zero-order chi connectivity index (χ0) is 17.1. The Morgan fingerprint density at radius 1 is 1.17 bits per heavy atom. The summed E-state index contributed by atoms with van der Waals surface area (Å²) in [6.45, 7) is 0. The van der Waals surface area contributed by atoms with Gasteiger partial charge in [0.05, 0.1) is 36.3 Å². The predicted octanol–water partition coefficient (Wildman–Crippen LogP) is 3.75. The van der Waals surface area contributed by atoms with Crippen LogP contribution in [0.2, 0.25) is 0 Å². The maximum absolute atomic E-state index is 13.1. The van der Waals surface area contributed by atoms with Crippen molar-refractivity contribution in [2.24, 2.45) is 0 Å². The molecule has 0 aliphatic carbocycles. The zero-order valence-electron chi connectivity index (χ0n) is 12.6. The summed E-state index contributed by atoms with van der Waals surface area (Å²) in [6, 6.07) is 13.3. The van der Waals surface area contributed by atoms with Crippen molar-refractivity contribution in [2.45, 2.75) is 6.43 Å². The van der Waals surface area contributed by atoms with Gasteiger partial charge in [0, 0.05) is 11.6 Å². The Kier molecular flexibility index (Phi) is 4.20. The quantitative estimate of drug-likeness (QED) is 0.732. The Bertz CT molecular complexity index is 880. The van der Waals surface area contributed by atoms with Crippen LogP contribution in [-0.4, -0.2) is 21.9 Å². The van der Waals surface area contributed by atoms with Crippen molar-refractivity contribution in [1.82, 2.24) is 14.8 Å². The van der Waals surface area contributed by atoms with Crippen LogP contribution in [0.5, 0.6) is 5.88 Å². The summed E-state index contributed by atoms with van der Waals surface area (Å²) >= 11 is 0. The SMILES string of the molecule is COc1ccc(-n2nc(C(F)F)cc2-c2ccc(C#N)cc2)cn1. The molecule has 2 heterocycles. The van der Waals surface area contributed by atoms with Gasteiger partial charge in [-0.2, -0.15) is 10.4 Å². The molecule has 0 aliphatic rings. The molecule has 1 aromatic carbocycles. The lowest BCUT2D eigenvalue weighted by Gasteiger charge is -2.08. The minimum absolute atomic E-state index is 0.329. The largest absolute Gasteiger partial charge is 0.481 e. The third-order valence-corrected chi connectivity index (χ3v) is 3.44. The van der Waals surface area contributed by atoms with Gasteiger partial charge < -0.3 is 4.74 Å². The number of aromatic nitrogens is 3. The number of alkyl halides is 2. The number of halogens is 2. The fourth-order valence-electron chi connectivity index (χ4n) is 2.24. The highest BCUT2D eigenvalue weighted by Gasteiger charge is 2.18. The van der Waals surface area contributed by atoms with Crippen molar-refractivity contribution in [3.05, 3.63) is 59.9 Å². The average molecular weight is 326 g/mol. The lowest BCUT2D eigenvalue weighted by atomic mass is 10.1. The van der Waals surface area contributed by atoms with Gasteiger partial charge in [0.25, 0.3) is 6.43 Å². The van der Waals surface area contributed by atoms with Crippen molar-refractivity contribution < 1.29 is 13.5 Å². The molecule has 0 fully saturated rings. The molecule has 0 spiro atoms. The van der Waals surface area contributed by atoms with E-state index in [0.29, 0.717) is 28.4 Å². The van der Waals surface area contributed by atoms with Crippen molar-refractivity contribution in [3.8, 4) is 28.9 Å². The summed E-state index contributed by atoms with van der Waals surface area (Å²) in [7, 11) is 1.49. The lowest BCUT2D eigenvalue weighted by molar-refractivity contribution is 0.145. The van der Waals surface area contributed by atoms with E-state index in [9.17, 15) is 8.78 Å². The molecular formula is C17H12F2N4O. The van der Waals surface area contributed by atoms with E-state index in [4.69, 9.17) is 10.00 Å². The molecule has 0 unspecified atom stereocenters. The fraction of sp³-hybridized carbons (Fsp3) is 0.118. The molecule has 0 bridgehead atoms. The van der Waals surface area contributed by atoms with Crippen LogP contribution in [-0.2, 0) is 0 Å². The van der Waals surface area contributed by atoms with E-state index in [2.05, 4.69) is 10.1 Å². The van der Waals surface area contributed by atoms with Crippen molar-refractivity contribution >= 4 is 0 Å². The summed E-state index contributed by atoms with van der Waals surface area (Å²) in [4.78, 5) is 4.08. The van der Waals surface area contributed by atoms with Crippen LogP contribution in [0.15, 0.2) is 48.7 Å². The Balaban J connectivity index is 2.11. The number of hydrogen-bond donors (Lipinski definition) is 0. The van der Waals surface area contributed by atoms with Crippen LogP contribution in [0, 0.1) is 11.3 Å². The number of pyridine rings is 1. The molecule has 0 saturated carbocycles. The van der Waals surface area contributed by atoms with Gasteiger partial charge in [-0.3, -0.25) is 0 Å². The topological polar surface area (TPSA) is 63.7 Å². The van der Waals surface area contributed by atoms with E-state index in [-0.39, 0.29) is 5.69 Å². The molecule has 0 aliphatic heterocycles. The number of ether oxygens (including phenoxy) is 1. The van der Waals surface area contributed by atoms with E-state index >= 15 is 0 Å². The predicted molar refractivity (Wildman–Crippen MR) is 83.0 cm³/mol. The third-order valence-electron chi connectivity index (χ3n) is 3.44. The third kappa shape index (κ3) is 2.94. The van der Waals surface area contributed by atoms with E-state index in [1.807, 2.05) is 6.07 Å². The van der Waals surface area contributed by atoms with Gasteiger partial charge in [-0.15, -0.1) is 0 Å². The van der Waals surface area contributed by atoms with E-state index < -0.39 is 6.43 Å². The summed E-state index contributed by atoms with van der Waals surface area (Å²) in [5, 5.41) is 12.8. The highest BCUT2D eigenvalue weighted by molar-refractivity contribution is 5.63. The molecule has 0 saturated heterocycles. The maximum atomic E-state index is 13.1. The van der Waals surface area contributed by atoms with Gasteiger partial charge in [-0.1, -0.05) is 12.1 Å². The van der Waals surface area contributed by atoms with Gasteiger partial charge in [-0.05, 0) is 24.3 Å². The molecule has 7 heteroatoms. The highest BCUT2D eigenvalue weighted by Crippen LogP contribution is 2.28. The van der Waals surface area contributed by atoms with Crippen LogP contribution in [0.1, 0.15) is 17.7 Å². The van der Waals surface area contributed by atoms with Crippen LogP contribution in [0.3, 0.4) is 0 Å². The number of nitrogens with zero attached hydrogens (tertiary/aromatic N) is 4. The van der Waals surface area contributed by atoms with E-state index in [1.54, 1.807) is 36.4 Å². The van der Waals surface area contributed by atoms with Crippen LogP contribution >= 0.6 is 0 Å². The van der Waals surface area contributed by atoms with E-state index in [1.165, 1.54) is 24.1 Å². The van der Waals surface area contributed by atoms with Gasteiger partial charge in [0.2, 0.25) is 5.88 Å². The first kappa shape index (κ1) is 15.6. The summed E-state index contributed by atoms with van der Waals surface area (Å²) < 4.78 is 32.5. The van der Waals surface area contributed by atoms with Gasteiger partial charge in [0.15, 0.2) is 0 Å². The first-order valence-corrected chi connectivity index (χ1v) is 7.01. The second-order valence-electron chi connectivity index (χ2n) is 4.91. The highest BCUT2D eigenvalue weighted by atomic mass is 19.3. The number of hydrogen-bond acceptors (Lipinski definition) is 4. The normalized spacial score (nSPS) is 10.6. The molecule has 3 rings (SSSR count). The van der Waals surface area contributed by atoms with Gasteiger partial charge in [0.1, 0.15) is 5.69 Å². The second kappa shape index (κ2) is 6.46. The average Bonchev–Trinajstić information content (AvgIpc) is 3.07. The molecule has 0 N–H and O–H groups in total. The molecular weight excluding hydrogens is 314 g/mol. The Labute approximate surface area is 136 Å². The Morgan fingerprint density at radius 2 is 1.92 bits per heavy atom.